The van der Waals surface area contributed by atoms with Crippen LogP contribution in [0.2, 0.25) is 5.02 Å². The number of benzene rings is 1. The molecule has 2 N–H and O–H groups in total. The average Bonchev–Trinajstić information content (AvgIpc) is 2.54. The van der Waals surface area contributed by atoms with Crippen LogP contribution in [0.15, 0.2) is 24.3 Å². The van der Waals surface area contributed by atoms with E-state index in [0.29, 0.717) is 11.6 Å². The molecular formula is C17H27ClN4O. The van der Waals surface area contributed by atoms with Gasteiger partial charge in [-0.05, 0) is 44.1 Å². The molecule has 1 aliphatic rings. The van der Waals surface area contributed by atoms with Gasteiger partial charge >= 0.3 is 6.03 Å². The van der Waals surface area contributed by atoms with Gasteiger partial charge in [-0.1, -0.05) is 23.7 Å². The Morgan fingerprint density at radius 1 is 1.17 bits per heavy atom. The number of likely N-dealkylation sites (N-methyl/N-ethyl adjacent to an activating group) is 1. The minimum Gasteiger partial charge on any atom is -0.338 e. The van der Waals surface area contributed by atoms with Gasteiger partial charge in [-0.2, -0.15) is 0 Å². The van der Waals surface area contributed by atoms with Crippen molar-refractivity contribution in [1.82, 2.24) is 20.4 Å². The number of hydrogen-bond donors (Lipinski definition) is 2. The Morgan fingerprint density at radius 2 is 1.96 bits per heavy atom. The van der Waals surface area contributed by atoms with Gasteiger partial charge < -0.3 is 20.4 Å². The topological polar surface area (TPSA) is 47.6 Å². The fraction of sp³-hybridized carbons (Fsp3) is 0.588. The second-order valence-electron chi connectivity index (χ2n) is 6.09. The summed E-state index contributed by atoms with van der Waals surface area (Å²) >= 11 is 5.92. The molecule has 1 aliphatic heterocycles. The number of rotatable bonds is 7. The Balaban J connectivity index is 1.50. The lowest BCUT2D eigenvalue weighted by molar-refractivity contribution is 0.152. The maximum Gasteiger partial charge on any atom is 0.315 e. The minimum atomic E-state index is -0.121. The van der Waals surface area contributed by atoms with Crippen molar-refractivity contribution in [3.05, 3.63) is 34.9 Å². The molecule has 0 atom stereocenters. The molecule has 1 saturated heterocycles. The predicted octanol–water partition coefficient (Wildman–Crippen LogP) is 2.17. The van der Waals surface area contributed by atoms with E-state index < -0.39 is 0 Å². The van der Waals surface area contributed by atoms with E-state index in [0.717, 1.165) is 57.7 Å². The minimum absolute atomic E-state index is 0.121. The Labute approximate surface area is 144 Å². The van der Waals surface area contributed by atoms with Crippen molar-refractivity contribution < 1.29 is 4.79 Å². The highest BCUT2D eigenvalue weighted by Gasteiger charge is 2.12. The summed E-state index contributed by atoms with van der Waals surface area (Å²) in [5, 5.41) is 6.44. The average molecular weight is 339 g/mol. The van der Waals surface area contributed by atoms with Crippen molar-refractivity contribution in [2.75, 3.05) is 46.3 Å². The zero-order valence-corrected chi connectivity index (χ0v) is 14.6. The highest BCUT2D eigenvalue weighted by atomic mass is 35.5. The van der Waals surface area contributed by atoms with Crippen LogP contribution in [0.1, 0.15) is 18.4 Å². The number of unbranched alkanes of at least 4 members (excludes halogenated alkanes) is 1. The second kappa shape index (κ2) is 9.75. The number of carbonyl (C=O) groups is 1. The summed E-state index contributed by atoms with van der Waals surface area (Å²) in [6.07, 6.45) is 2.13. The summed E-state index contributed by atoms with van der Waals surface area (Å²) < 4.78 is 0. The molecule has 1 fully saturated rings. The Kier molecular flexibility index (Phi) is 7.65. The maximum absolute atomic E-state index is 11.7. The van der Waals surface area contributed by atoms with Gasteiger partial charge in [0, 0.05) is 44.3 Å². The fourth-order valence-corrected chi connectivity index (χ4v) is 2.84. The molecule has 0 unspecified atom stereocenters. The summed E-state index contributed by atoms with van der Waals surface area (Å²) in [4.78, 5) is 16.6. The summed E-state index contributed by atoms with van der Waals surface area (Å²) in [5.41, 5.74) is 1.00. The van der Waals surface area contributed by atoms with Crippen LogP contribution >= 0.6 is 11.6 Å². The van der Waals surface area contributed by atoms with E-state index in [1.165, 1.54) is 0 Å². The van der Waals surface area contributed by atoms with Crippen molar-refractivity contribution in [1.29, 1.82) is 0 Å². The first-order chi connectivity index (χ1) is 11.1. The van der Waals surface area contributed by atoms with Gasteiger partial charge in [0.15, 0.2) is 0 Å². The number of piperazine rings is 1. The number of carbonyl (C=O) groups excluding carboxylic acids is 1. The molecule has 0 spiro atoms. The molecule has 0 bridgehead atoms. The molecule has 1 aromatic carbocycles. The zero-order valence-electron chi connectivity index (χ0n) is 13.9. The van der Waals surface area contributed by atoms with Gasteiger partial charge in [0.25, 0.3) is 0 Å². The van der Waals surface area contributed by atoms with Crippen LogP contribution in [0.25, 0.3) is 0 Å². The third-order valence-corrected chi connectivity index (χ3v) is 4.36. The van der Waals surface area contributed by atoms with Crippen molar-refractivity contribution in [3.63, 3.8) is 0 Å². The van der Waals surface area contributed by atoms with E-state index in [2.05, 4.69) is 27.5 Å². The molecule has 6 heteroatoms. The quantitative estimate of drug-likeness (QED) is 0.749. The molecule has 2 rings (SSSR count). The van der Waals surface area contributed by atoms with Crippen LogP contribution in [0.3, 0.4) is 0 Å². The highest BCUT2D eigenvalue weighted by Crippen LogP contribution is 2.10. The number of nitrogens with one attached hydrogen (secondary N) is 2. The Hall–Kier alpha value is -1.30. The molecule has 1 aromatic rings. The van der Waals surface area contributed by atoms with E-state index in [1.807, 2.05) is 24.3 Å². The van der Waals surface area contributed by atoms with Gasteiger partial charge in [-0.3, -0.25) is 0 Å². The molecule has 5 nitrogen and oxygen atoms in total. The van der Waals surface area contributed by atoms with E-state index in [1.54, 1.807) is 0 Å². The van der Waals surface area contributed by atoms with Gasteiger partial charge in [0.1, 0.15) is 0 Å². The van der Waals surface area contributed by atoms with Crippen LogP contribution in [-0.4, -0.2) is 62.1 Å². The number of urea groups is 1. The van der Waals surface area contributed by atoms with E-state index >= 15 is 0 Å². The number of nitrogens with zero attached hydrogens (tertiary/aromatic N) is 2. The van der Waals surface area contributed by atoms with Gasteiger partial charge in [-0.15, -0.1) is 0 Å². The third kappa shape index (κ3) is 7.20. The lowest BCUT2D eigenvalue weighted by Crippen LogP contribution is -2.44. The second-order valence-corrected chi connectivity index (χ2v) is 6.53. The molecule has 2 amide bonds. The third-order valence-electron chi connectivity index (χ3n) is 4.12. The predicted molar refractivity (Wildman–Crippen MR) is 94.9 cm³/mol. The van der Waals surface area contributed by atoms with Crippen LogP contribution in [0.4, 0.5) is 4.79 Å². The van der Waals surface area contributed by atoms with Gasteiger partial charge in [0.2, 0.25) is 0 Å². The standard InChI is InChI=1S/C17H27ClN4O/c1-21-9-11-22(12-10-21)8-3-2-7-19-17(23)20-14-15-5-4-6-16(18)13-15/h4-6,13H,2-3,7-12,14H2,1H3,(H2,19,20,23). The normalized spacial score (nSPS) is 16.3. The Bertz CT molecular complexity index is 489. The van der Waals surface area contributed by atoms with Gasteiger partial charge in [-0.25, -0.2) is 4.79 Å². The molecule has 23 heavy (non-hydrogen) atoms. The van der Waals surface area contributed by atoms with Crippen LogP contribution in [0, 0.1) is 0 Å². The zero-order chi connectivity index (χ0) is 16.5. The van der Waals surface area contributed by atoms with Crippen molar-refractivity contribution in [2.45, 2.75) is 19.4 Å². The first kappa shape index (κ1) is 18.0. The maximum atomic E-state index is 11.7. The molecule has 0 aliphatic carbocycles. The van der Waals surface area contributed by atoms with E-state index in [9.17, 15) is 4.79 Å². The fourth-order valence-electron chi connectivity index (χ4n) is 2.63. The summed E-state index contributed by atoms with van der Waals surface area (Å²) in [6.45, 7) is 6.96. The lowest BCUT2D eigenvalue weighted by atomic mass is 10.2. The summed E-state index contributed by atoms with van der Waals surface area (Å²) in [5.74, 6) is 0. The SMILES string of the molecule is CN1CCN(CCCCNC(=O)NCc2cccc(Cl)c2)CC1. The first-order valence-electron chi connectivity index (χ1n) is 8.30. The van der Waals surface area contributed by atoms with E-state index in [4.69, 9.17) is 11.6 Å². The molecular weight excluding hydrogens is 312 g/mol. The molecule has 1 heterocycles. The van der Waals surface area contributed by atoms with E-state index in [-0.39, 0.29) is 6.03 Å². The smallest absolute Gasteiger partial charge is 0.315 e. The van der Waals surface area contributed by atoms with Crippen molar-refractivity contribution >= 4 is 17.6 Å². The van der Waals surface area contributed by atoms with Gasteiger partial charge in [0.05, 0.1) is 0 Å². The monoisotopic (exact) mass is 338 g/mol. The molecule has 0 radical (unpaired) electrons. The number of hydrogen-bond acceptors (Lipinski definition) is 3. The van der Waals surface area contributed by atoms with Crippen LogP contribution in [-0.2, 0) is 6.54 Å². The van der Waals surface area contributed by atoms with Crippen LogP contribution in [0.5, 0.6) is 0 Å². The Morgan fingerprint density at radius 3 is 2.70 bits per heavy atom. The first-order valence-corrected chi connectivity index (χ1v) is 8.68. The summed E-state index contributed by atoms with van der Waals surface area (Å²) in [7, 11) is 2.17. The lowest BCUT2D eigenvalue weighted by Gasteiger charge is -2.32. The van der Waals surface area contributed by atoms with Crippen molar-refractivity contribution in [2.24, 2.45) is 0 Å². The molecule has 128 valence electrons. The largest absolute Gasteiger partial charge is 0.338 e. The van der Waals surface area contributed by atoms with Crippen molar-refractivity contribution in [3.8, 4) is 0 Å². The summed E-state index contributed by atoms with van der Waals surface area (Å²) in [6, 6.07) is 7.39. The molecule has 0 aromatic heterocycles. The van der Waals surface area contributed by atoms with Crippen LogP contribution < -0.4 is 10.6 Å². The molecule has 0 saturated carbocycles. The number of amides is 2. The number of halogens is 1. The highest BCUT2D eigenvalue weighted by molar-refractivity contribution is 6.30.